The minimum atomic E-state index is -1.34. The molecule has 94 valence electrons. The molecular weight excluding hydrogens is 246 g/mol. The molecule has 1 atom stereocenters. The SMILES string of the molecule is Cc1ccc([S@](=O)NOCc2ccccc2)cc1. The van der Waals surface area contributed by atoms with Crippen LogP contribution in [0.2, 0.25) is 0 Å². The van der Waals surface area contributed by atoms with Gasteiger partial charge in [-0.2, -0.15) is 0 Å². The van der Waals surface area contributed by atoms with Crippen LogP contribution in [-0.2, 0) is 22.4 Å². The van der Waals surface area contributed by atoms with Crippen LogP contribution in [0.1, 0.15) is 11.1 Å². The molecule has 2 aromatic rings. The van der Waals surface area contributed by atoms with Crippen molar-refractivity contribution in [3.63, 3.8) is 0 Å². The second-order valence-electron chi connectivity index (χ2n) is 3.94. The lowest BCUT2D eigenvalue weighted by Gasteiger charge is -2.05. The molecule has 0 saturated heterocycles. The topological polar surface area (TPSA) is 38.3 Å². The molecular formula is C14H15NO2S. The van der Waals surface area contributed by atoms with Crippen molar-refractivity contribution in [2.75, 3.05) is 0 Å². The van der Waals surface area contributed by atoms with Gasteiger partial charge in [0, 0.05) is 0 Å². The lowest BCUT2D eigenvalue weighted by Crippen LogP contribution is -2.17. The van der Waals surface area contributed by atoms with E-state index in [-0.39, 0.29) is 0 Å². The molecule has 0 unspecified atom stereocenters. The van der Waals surface area contributed by atoms with Gasteiger partial charge in [0.1, 0.15) is 11.0 Å². The zero-order valence-electron chi connectivity index (χ0n) is 10.1. The van der Waals surface area contributed by atoms with Crippen LogP contribution in [0.4, 0.5) is 0 Å². The van der Waals surface area contributed by atoms with E-state index in [1.54, 1.807) is 0 Å². The first-order valence-corrected chi connectivity index (χ1v) is 6.80. The summed E-state index contributed by atoms with van der Waals surface area (Å²) in [7, 11) is -1.34. The van der Waals surface area contributed by atoms with Gasteiger partial charge < -0.3 is 0 Å². The Balaban J connectivity index is 1.84. The third kappa shape index (κ3) is 3.77. The number of hydrogen-bond donors (Lipinski definition) is 1. The fraction of sp³-hybridized carbons (Fsp3) is 0.143. The lowest BCUT2D eigenvalue weighted by molar-refractivity contribution is 0.0833. The highest BCUT2D eigenvalue weighted by Crippen LogP contribution is 2.07. The van der Waals surface area contributed by atoms with Gasteiger partial charge in [-0.1, -0.05) is 48.0 Å². The van der Waals surface area contributed by atoms with Crippen LogP contribution < -0.4 is 4.89 Å². The van der Waals surface area contributed by atoms with E-state index in [2.05, 4.69) is 4.89 Å². The van der Waals surface area contributed by atoms with Gasteiger partial charge in [0.05, 0.1) is 11.5 Å². The highest BCUT2D eigenvalue weighted by Gasteiger charge is 2.02. The molecule has 1 N–H and O–H groups in total. The highest BCUT2D eigenvalue weighted by atomic mass is 32.2. The monoisotopic (exact) mass is 261 g/mol. The summed E-state index contributed by atoms with van der Waals surface area (Å²) < 4.78 is 11.8. The van der Waals surface area contributed by atoms with Crippen LogP contribution in [0.3, 0.4) is 0 Å². The van der Waals surface area contributed by atoms with Gasteiger partial charge in [0.2, 0.25) is 0 Å². The molecule has 0 radical (unpaired) electrons. The Morgan fingerprint density at radius 3 is 2.39 bits per heavy atom. The molecule has 0 amide bonds. The van der Waals surface area contributed by atoms with Crippen molar-refractivity contribution in [2.45, 2.75) is 18.4 Å². The van der Waals surface area contributed by atoms with E-state index in [9.17, 15) is 4.21 Å². The number of benzene rings is 2. The first kappa shape index (κ1) is 13.0. The summed E-state index contributed by atoms with van der Waals surface area (Å²) >= 11 is 0. The maximum absolute atomic E-state index is 11.8. The molecule has 0 fully saturated rings. The summed E-state index contributed by atoms with van der Waals surface area (Å²) in [6, 6.07) is 17.2. The Morgan fingerprint density at radius 1 is 1.06 bits per heavy atom. The molecule has 0 bridgehead atoms. The molecule has 0 aromatic heterocycles. The van der Waals surface area contributed by atoms with Gasteiger partial charge >= 0.3 is 0 Å². The molecule has 0 saturated carbocycles. The molecule has 0 aliphatic rings. The van der Waals surface area contributed by atoms with E-state index < -0.39 is 11.0 Å². The Kier molecular flexibility index (Phi) is 4.64. The molecule has 0 aliphatic carbocycles. The molecule has 2 aromatic carbocycles. The third-order valence-corrected chi connectivity index (χ3v) is 3.42. The van der Waals surface area contributed by atoms with Crippen LogP contribution >= 0.6 is 0 Å². The summed E-state index contributed by atoms with van der Waals surface area (Å²) in [5.74, 6) is 0. The lowest BCUT2D eigenvalue weighted by atomic mass is 10.2. The number of rotatable bonds is 5. The summed E-state index contributed by atoms with van der Waals surface area (Å²) in [5.41, 5.74) is 2.17. The summed E-state index contributed by atoms with van der Waals surface area (Å²) in [6.07, 6.45) is 0. The van der Waals surface area contributed by atoms with Crippen LogP contribution in [0.15, 0.2) is 59.5 Å². The quantitative estimate of drug-likeness (QED) is 0.840. The Labute approximate surface area is 109 Å². The Hall–Kier alpha value is -1.49. The van der Waals surface area contributed by atoms with Gasteiger partial charge in [-0.15, -0.1) is 4.89 Å². The van der Waals surface area contributed by atoms with Gasteiger partial charge in [-0.3, -0.25) is 4.84 Å². The van der Waals surface area contributed by atoms with Gasteiger partial charge in [0.25, 0.3) is 0 Å². The van der Waals surface area contributed by atoms with Crippen molar-refractivity contribution in [3.05, 3.63) is 65.7 Å². The molecule has 18 heavy (non-hydrogen) atoms. The number of nitrogens with one attached hydrogen (secondary N) is 1. The molecule has 0 spiro atoms. The van der Waals surface area contributed by atoms with Crippen LogP contribution in [-0.4, -0.2) is 4.21 Å². The zero-order valence-corrected chi connectivity index (χ0v) is 10.9. The average molecular weight is 261 g/mol. The third-order valence-electron chi connectivity index (χ3n) is 2.45. The number of aryl methyl sites for hydroxylation is 1. The van der Waals surface area contributed by atoms with E-state index in [1.807, 2.05) is 61.5 Å². The zero-order chi connectivity index (χ0) is 12.8. The summed E-state index contributed by atoms with van der Waals surface area (Å²) in [6.45, 7) is 2.38. The number of hydrogen-bond acceptors (Lipinski definition) is 2. The minimum absolute atomic E-state index is 0.387. The molecule has 2 rings (SSSR count). The maximum atomic E-state index is 11.8. The van der Waals surface area contributed by atoms with Gasteiger partial charge in [0.15, 0.2) is 0 Å². The maximum Gasteiger partial charge on any atom is 0.148 e. The second-order valence-corrected chi connectivity index (χ2v) is 5.11. The Morgan fingerprint density at radius 2 is 1.72 bits per heavy atom. The fourth-order valence-corrected chi connectivity index (χ4v) is 2.10. The second kappa shape index (κ2) is 6.44. The largest absolute Gasteiger partial charge is 0.284 e. The van der Waals surface area contributed by atoms with Crippen molar-refractivity contribution in [1.82, 2.24) is 4.89 Å². The first-order chi connectivity index (χ1) is 8.75. The molecule has 0 heterocycles. The van der Waals surface area contributed by atoms with Gasteiger partial charge in [-0.25, -0.2) is 4.21 Å². The molecule has 3 nitrogen and oxygen atoms in total. The predicted octanol–water partition coefficient (Wildman–Crippen LogP) is 2.74. The van der Waals surface area contributed by atoms with E-state index in [1.165, 1.54) is 0 Å². The summed E-state index contributed by atoms with van der Waals surface area (Å²) in [4.78, 5) is 8.46. The molecule has 4 heteroatoms. The Bertz CT molecular complexity index is 511. The van der Waals surface area contributed by atoms with E-state index in [4.69, 9.17) is 4.84 Å². The highest BCUT2D eigenvalue weighted by molar-refractivity contribution is 7.82. The standard InChI is InChI=1S/C14H15NO2S/c1-12-7-9-14(10-8-12)18(16)15-17-11-13-5-3-2-4-6-13/h2-10,15H,11H2,1H3/t18-/m0/s1. The molecule has 0 aliphatic heterocycles. The first-order valence-electron chi connectivity index (χ1n) is 5.65. The van der Waals surface area contributed by atoms with Gasteiger partial charge in [-0.05, 0) is 24.6 Å². The van der Waals surface area contributed by atoms with Crippen molar-refractivity contribution in [2.24, 2.45) is 0 Å². The smallest absolute Gasteiger partial charge is 0.148 e. The predicted molar refractivity (Wildman–Crippen MR) is 72.0 cm³/mol. The van der Waals surface area contributed by atoms with Crippen LogP contribution in [0.5, 0.6) is 0 Å². The van der Waals surface area contributed by atoms with E-state index in [0.29, 0.717) is 11.5 Å². The van der Waals surface area contributed by atoms with Crippen LogP contribution in [0, 0.1) is 6.92 Å². The van der Waals surface area contributed by atoms with E-state index >= 15 is 0 Å². The van der Waals surface area contributed by atoms with Crippen molar-refractivity contribution in [3.8, 4) is 0 Å². The average Bonchev–Trinajstić information content (AvgIpc) is 2.40. The minimum Gasteiger partial charge on any atom is -0.284 e. The van der Waals surface area contributed by atoms with Crippen molar-refractivity contribution in [1.29, 1.82) is 0 Å². The normalized spacial score (nSPS) is 12.3. The summed E-state index contributed by atoms with van der Waals surface area (Å²) in [5, 5.41) is 0. The van der Waals surface area contributed by atoms with Crippen LogP contribution in [0.25, 0.3) is 0 Å². The van der Waals surface area contributed by atoms with Crippen molar-refractivity contribution < 1.29 is 9.05 Å². The van der Waals surface area contributed by atoms with Crippen molar-refractivity contribution >= 4 is 11.0 Å². The van der Waals surface area contributed by atoms with E-state index in [0.717, 1.165) is 11.1 Å². The fourth-order valence-electron chi connectivity index (χ4n) is 1.45.